The first kappa shape index (κ1) is 16.5. The Morgan fingerprint density at radius 3 is 2.86 bits per heavy atom. The van der Waals surface area contributed by atoms with Crippen molar-refractivity contribution in [2.75, 3.05) is 13.2 Å². The zero-order valence-electron chi connectivity index (χ0n) is 13.0. The van der Waals surface area contributed by atoms with Gasteiger partial charge in [0, 0.05) is 13.2 Å². The quantitative estimate of drug-likeness (QED) is 0.781. The molecule has 0 radical (unpaired) electrons. The Morgan fingerprint density at radius 1 is 1.45 bits per heavy atom. The van der Waals surface area contributed by atoms with Crippen LogP contribution in [0.3, 0.4) is 0 Å². The van der Waals surface area contributed by atoms with Crippen LogP contribution in [0.4, 0.5) is 0 Å². The maximum absolute atomic E-state index is 12.3. The summed E-state index contributed by atoms with van der Waals surface area (Å²) in [5.74, 6) is -0.587. The third-order valence-electron chi connectivity index (χ3n) is 3.48. The molecule has 1 saturated heterocycles. The van der Waals surface area contributed by atoms with Gasteiger partial charge in [-0.1, -0.05) is 13.8 Å². The smallest absolute Gasteiger partial charge is 0.374 e. The molecule has 0 aromatic carbocycles. The Labute approximate surface area is 130 Å². The highest BCUT2D eigenvalue weighted by Crippen LogP contribution is 2.14. The summed E-state index contributed by atoms with van der Waals surface area (Å²) in [5, 5.41) is 2.81. The van der Waals surface area contributed by atoms with E-state index in [4.69, 9.17) is 13.9 Å². The molecule has 1 N–H and O–H groups in total. The van der Waals surface area contributed by atoms with Gasteiger partial charge < -0.3 is 19.2 Å². The second-order valence-electron chi connectivity index (χ2n) is 5.88. The Bertz CT molecular complexity index is 477. The average molecular weight is 309 g/mol. The van der Waals surface area contributed by atoms with Gasteiger partial charge >= 0.3 is 5.97 Å². The first-order valence-corrected chi connectivity index (χ1v) is 7.70. The fourth-order valence-corrected chi connectivity index (χ4v) is 2.35. The molecule has 1 aromatic rings. The fraction of sp³-hybridized carbons (Fsp3) is 0.625. The van der Waals surface area contributed by atoms with E-state index < -0.39 is 12.1 Å². The Morgan fingerprint density at radius 2 is 2.27 bits per heavy atom. The molecule has 0 bridgehead atoms. The highest BCUT2D eigenvalue weighted by atomic mass is 16.6. The lowest BCUT2D eigenvalue weighted by atomic mass is 10.1. The van der Waals surface area contributed by atoms with Gasteiger partial charge in [-0.3, -0.25) is 4.79 Å². The summed E-state index contributed by atoms with van der Waals surface area (Å²) in [7, 11) is 0. The van der Waals surface area contributed by atoms with Crippen LogP contribution in [0.1, 0.15) is 43.7 Å². The minimum absolute atomic E-state index is 0.0597. The number of rotatable bonds is 7. The van der Waals surface area contributed by atoms with E-state index in [1.165, 1.54) is 12.3 Å². The maximum Gasteiger partial charge on any atom is 0.374 e. The number of carbonyl (C=O) groups is 2. The molecule has 2 rings (SSSR count). The maximum atomic E-state index is 12.3. The van der Waals surface area contributed by atoms with Crippen LogP contribution in [0, 0.1) is 5.92 Å². The van der Waals surface area contributed by atoms with Crippen molar-refractivity contribution >= 4 is 11.9 Å². The minimum Gasteiger partial charge on any atom is -0.457 e. The van der Waals surface area contributed by atoms with E-state index in [9.17, 15) is 9.59 Å². The van der Waals surface area contributed by atoms with Crippen LogP contribution in [0.5, 0.6) is 0 Å². The van der Waals surface area contributed by atoms with E-state index in [-0.39, 0.29) is 23.7 Å². The third kappa shape index (κ3) is 4.87. The number of hydrogen-bond donors (Lipinski definition) is 1. The van der Waals surface area contributed by atoms with Gasteiger partial charge in [-0.25, -0.2) is 4.79 Å². The highest BCUT2D eigenvalue weighted by Gasteiger charge is 2.26. The lowest BCUT2D eigenvalue weighted by Gasteiger charge is -2.20. The van der Waals surface area contributed by atoms with Crippen LogP contribution in [-0.4, -0.2) is 37.2 Å². The van der Waals surface area contributed by atoms with Gasteiger partial charge in [0.1, 0.15) is 0 Å². The van der Waals surface area contributed by atoms with Crippen molar-refractivity contribution in [1.29, 1.82) is 0 Å². The molecule has 0 spiro atoms. The monoisotopic (exact) mass is 309 g/mol. The molecule has 0 saturated carbocycles. The number of carbonyl (C=O) groups excluding carboxylic acids is 2. The Hall–Kier alpha value is -1.82. The van der Waals surface area contributed by atoms with E-state index in [0.29, 0.717) is 13.0 Å². The molecule has 2 atom stereocenters. The summed E-state index contributed by atoms with van der Waals surface area (Å²) in [5.41, 5.74) is 0. The van der Waals surface area contributed by atoms with Crippen molar-refractivity contribution in [2.45, 2.75) is 45.3 Å². The molecule has 6 heteroatoms. The van der Waals surface area contributed by atoms with E-state index >= 15 is 0 Å². The largest absolute Gasteiger partial charge is 0.457 e. The standard InChI is InChI=1S/C16H23NO5/c1-11(2)9-14(22-16(19)13-6-4-8-21-13)15(18)17-10-12-5-3-7-20-12/h4,6,8,11-12,14H,3,5,7,9-10H2,1-2H3,(H,17,18)/t12-,14+/m0/s1. The van der Waals surface area contributed by atoms with Gasteiger partial charge in [0.15, 0.2) is 6.10 Å². The van der Waals surface area contributed by atoms with Crippen molar-refractivity contribution in [2.24, 2.45) is 5.92 Å². The van der Waals surface area contributed by atoms with Gasteiger partial charge in [-0.05, 0) is 37.3 Å². The van der Waals surface area contributed by atoms with Crippen molar-refractivity contribution in [1.82, 2.24) is 5.32 Å². The number of nitrogens with one attached hydrogen (secondary N) is 1. The van der Waals surface area contributed by atoms with Crippen molar-refractivity contribution in [3.8, 4) is 0 Å². The summed E-state index contributed by atoms with van der Waals surface area (Å²) in [4.78, 5) is 24.2. The van der Waals surface area contributed by atoms with Crippen LogP contribution < -0.4 is 5.32 Å². The van der Waals surface area contributed by atoms with Crippen molar-refractivity contribution in [3.63, 3.8) is 0 Å². The Kier molecular flexibility index (Phi) is 6.00. The van der Waals surface area contributed by atoms with Gasteiger partial charge in [0.25, 0.3) is 5.91 Å². The van der Waals surface area contributed by atoms with E-state index in [1.54, 1.807) is 6.07 Å². The lowest BCUT2D eigenvalue weighted by Crippen LogP contribution is -2.41. The zero-order valence-corrected chi connectivity index (χ0v) is 13.0. The number of ether oxygens (including phenoxy) is 2. The minimum atomic E-state index is -0.820. The fourth-order valence-electron chi connectivity index (χ4n) is 2.35. The van der Waals surface area contributed by atoms with Gasteiger partial charge in [-0.2, -0.15) is 0 Å². The third-order valence-corrected chi connectivity index (χ3v) is 3.48. The molecule has 0 unspecified atom stereocenters. The van der Waals surface area contributed by atoms with Gasteiger partial charge in [-0.15, -0.1) is 0 Å². The molecule has 1 aliphatic rings. The number of amides is 1. The first-order valence-electron chi connectivity index (χ1n) is 7.70. The summed E-state index contributed by atoms with van der Waals surface area (Å²) in [6, 6.07) is 3.12. The van der Waals surface area contributed by atoms with E-state index in [0.717, 1.165) is 19.4 Å². The predicted molar refractivity (Wildman–Crippen MR) is 79.4 cm³/mol. The van der Waals surface area contributed by atoms with Crippen LogP contribution in [0.15, 0.2) is 22.8 Å². The van der Waals surface area contributed by atoms with Crippen molar-refractivity contribution in [3.05, 3.63) is 24.2 Å². The molecule has 122 valence electrons. The summed E-state index contributed by atoms with van der Waals surface area (Å²) < 4.78 is 15.8. The first-order chi connectivity index (χ1) is 10.6. The molecule has 1 amide bonds. The topological polar surface area (TPSA) is 77.8 Å². The number of furan rings is 1. The predicted octanol–water partition coefficient (Wildman–Crippen LogP) is 2.15. The molecule has 1 fully saturated rings. The molecule has 1 aromatic heterocycles. The average Bonchev–Trinajstić information content (AvgIpc) is 3.16. The highest BCUT2D eigenvalue weighted by molar-refractivity contribution is 5.90. The number of esters is 1. The summed E-state index contributed by atoms with van der Waals surface area (Å²) in [6.45, 7) is 5.14. The van der Waals surface area contributed by atoms with E-state index in [1.807, 2.05) is 13.8 Å². The SMILES string of the molecule is CC(C)C[C@@H](OC(=O)c1ccco1)C(=O)NC[C@@H]1CCCO1. The van der Waals surface area contributed by atoms with Crippen LogP contribution >= 0.6 is 0 Å². The zero-order chi connectivity index (χ0) is 15.9. The van der Waals surface area contributed by atoms with Crippen LogP contribution in [-0.2, 0) is 14.3 Å². The lowest BCUT2D eigenvalue weighted by molar-refractivity contribution is -0.131. The van der Waals surface area contributed by atoms with Crippen molar-refractivity contribution < 1.29 is 23.5 Å². The normalized spacial score (nSPS) is 19.1. The van der Waals surface area contributed by atoms with Gasteiger partial charge in [0.05, 0.1) is 12.4 Å². The van der Waals surface area contributed by atoms with Crippen LogP contribution in [0.2, 0.25) is 0 Å². The molecular weight excluding hydrogens is 286 g/mol. The Balaban J connectivity index is 1.89. The molecule has 22 heavy (non-hydrogen) atoms. The second-order valence-corrected chi connectivity index (χ2v) is 5.88. The summed E-state index contributed by atoms with van der Waals surface area (Å²) >= 11 is 0. The molecule has 0 aliphatic carbocycles. The molecular formula is C16H23NO5. The molecule has 6 nitrogen and oxygen atoms in total. The summed E-state index contributed by atoms with van der Waals surface area (Å²) in [6.07, 6.45) is 3.06. The van der Waals surface area contributed by atoms with Crippen LogP contribution in [0.25, 0.3) is 0 Å². The van der Waals surface area contributed by atoms with E-state index in [2.05, 4.69) is 5.32 Å². The number of hydrogen-bond acceptors (Lipinski definition) is 5. The molecule has 1 aliphatic heterocycles. The van der Waals surface area contributed by atoms with Gasteiger partial charge in [0.2, 0.25) is 5.76 Å². The second kappa shape index (κ2) is 7.98. The molecule has 2 heterocycles.